The van der Waals surface area contributed by atoms with E-state index in [1.807, 2.05) is 6.07 Å². The number of aryl methyl sites for hydroxylation is 1. The van der Waals surface area contributed by atoms with Crippen LogP contribution in [0.2, 0.25) is 5.02 Å². The Morgan fingerprint density at radius 1 is 1.26 bits per heavy atom. The van der Waals surface area contributed by atoms with E-state index in [0.717, 1.165) is 28.8 Å². The molecule has 0 bridgehead atoms. The second-order valence-corrected chi connectivity index (χ2v) is 8.17. The van der Waals surface area contributed by atoms with E-state index in [1.54, 1.807) is 26.4 Å². The second-order valence-electron chi connectivity index (χ2n) is 7.79. The Morgan fingerprint density at radius 3 is 2.56 bits per heavy atom. The van der Waals surface area contributed by atoms with E-state index in [4.69, 9.17) is 21.1 Å². The zero-order valence-corrected chi connectivity index (χ0v) is 17.4. The number of hydrogen-bond acceptors (Lipinski definition) is 4. The smallest absolute Gasteiger partial charge is 0.148 e. The van der Waals surface area contributed by atoms with Crippen molar-refractivity contribution in [2.45, 2.75) is 45.6 Å². The van der Waals surface area contributed by atoms with Crippen molar-refractivity contribution in [2.24, 2.45) is 0 Å². The largest absolute Gasteiger partial charge is 0.496 e. The number of halogens is 1. The van der Waals surface area contributed by atoms with E-state index in [2.05, 4.69) is 39.1 Å². The van der Waals surface area contributed by atoms with Gasteiger partial charge in [0.25, 0.3) is 0 Å². The standard InChI is InChI=1S/C22H25ClN2O2/c1-12-9-15(18-16(26-5)8-7-14(11-24)21(18)27-6)19(23)17-13(2)10-22(3,4)25-20(12)17/h7-9,13,25H,10H2,1-6H3. The topological polar surface area (TPSA) is 54.3 Å². The van der Waals surface area contributed by atoms with Crippen molar-refractivity contribution >= 4 is 17.3 Å². The number of fused-ring (bicyclic) bond motifs is 1. The molecule has 1 N–H and O–H groups in total. The van der Waals surface area contributed by atoms with E-state index < -0.39 is 0 Å². The molecule has 1 aliphatic rings. The van der Waals surface area contributed by atoms with Gasteiger partial charge in [-0.25, -0.2) is 0 Å². The highest BCUT2D eigenvalue weighted by Crippen LogP contribution is 2.51. The maximum Gasteiger partial charge on any atom is 0.148 e. The van der Waals surface area contributed by atoms with E-state index in [-0.39, 0.29) is 5.54 Å². The Bertz CT molecular complexity index is 945. The van der Waals surface area contributed by atoms with Gasteiger partial charge in [0.15, 0.2) is 0 Å². The number of methoxy groups -OCH3 is 2. The van der Waals surface area contributed by atoms with E-state index in [0.29, 0.717) is 33.6 Å². The maximum absolute atomic E-state index is 9.49. The molecule has 1 heterocycles. The number of nitrogens with one attached hydrogen (secondary N) is 1. The van der Waals surface area contributed by atoms with Crippen molar-refractivity contribution in [1.29, 1.82) is 5.26 Å². The summed E-state index contributed by atoms with van der Waals surface area (Å²) in [6, 6.07) is 7.72. The fourth-order valence-electron chi connectivity index (χ4n) is 4.18. The van der Waals surface area contributed by atoms with Gasteiger partial charge in [0.05, 0.1) is 30.4 Å². The Morgan fingerprint density at radius 2 is 1.96 bits per heavy atom. The van der Waals surface area contributed by atoms with Crippen LogP contribution in [0.3, 0.4) is 0 Å². The summed E-state index contributed by atoms with van der Waals surface area (Å²) in [5, 5.41) is 13.8. The van der Waals surface area contributed by atoms with Gasteiger partial charge < -0.3 is 14.8 Å². The van der Waals surface area contributed by atoms with Gasteiger partial charge in [-0.1, -0.05) is 18.5 Å². The average Bonchev–Trinajstić information content (AvgIpc) is 2.62. The maximum atomic E-state index is 9.49. The first-order valence-electron chi connectivity index (χ1n) is 9.00. The molecule has 1 aliphatic heterocycles. The molecule has 1 atom stereocenters. The third-order valence-corrected chi connectivity index (χ3v) is 5.61. The quantitative estimate of drug-likeness (QED) is 0.715. The summed E-state index contributed by atoms with van der Waals surface area (Å²) >= 11 is 6.94. The van der Waals surface area contributed by atoms with Gasteiger partial charge in [-0.15, -0.1) is 0 Å². The number of ether oxygens (including phenoxy) is 2. The molecule has 5 heteroatoms. The molecule has 2 aromatic rings. The van der Waals surface area contributed by atoms with Crippen molar-refractivity contribution in [3.8, 4) is 28.7 Å². The van der Waals surface area contributed by atoms with Crippen molar-refractivity contribution in [1.82, 2.24) is 0 Å². The Kier molecular flexibility index (Phi) is 5.01. The molecule has 0 saturated carbocycles. The molecule has 3 rings (SSSR count). The van der Waals surface area contributed by atoms with Crippen LogP contribution in [0.1, 0.15) is 49.8 Å². The highest BCUT2D eigenvalue weighted by Gasteiger charge is 2.33. The van der Waals surface area contributed by atoms with Crippen molar-refractivity contribution in [3.05, 3.63) is 39.9 Å². The van der Waals surface area contributed by atoms with Crippen molar-refractivity contribution < 1.29 is 9.47 Å². The molecule has 0 spiro atoms. The van der Waals surface area contributed by atoms with Crippen LogP contribution < -0.4 is 14.8 Å². The summed E-state index contributed by atoms with van der Waals surface area (Å²) in [4.78, 5) is 0. The lowest BCUT2D eigenvalue weighted by Crippen LogP contribution is -2.37. The Labute approximate surface area is 166 Å². The molecular formula is C22H25ClN2O2. The van der Waals surface area contributed by atoms with Crippen molar-refractivity contribution in [2.75, 3.05) is 19.5 Å². The van der Waals surface area contributed by atoms with Crippen LogP contribution in [-0.4, -0.2) is 19.8 Å². The van der Waals surface area contributed by atoms with Gasteiger partial charge >= 0.3 is 0 Å². The summed E-state index contributed by atoms with van der Waals surface area (Å²) in [6.07, 6.45) is 0.981. The molecule has 4 nitrogen and oxygen atoms in total. The number of benzene rings is 2. The monoisotopic (exact) mass is 384 g/mol. The minimum Gasteiger partial charge on any atom is -0.496 e. The SMILES string of the molecule is COc1ccc(C#N)c(OC)c1-c1cc(C)c2c(c1Cl)C(C)CC(C)(C)N2. The molecule has 2 aromatic carbocycles. The number of anilines is 1. The van der Waals surface area contributed by atoms with Gasteiger partial charge in [0, 0.05) is 16.8 Å². The first-order chi connectivity index (χ1) is 12.7. The zero-order valence-electron chi connectivity index (χ0n) is 16.7. The zero-order chi connectivity index (χ0) is 19.9. The lowest BCUT2D eigenvalue weighted by atomic mass is 9.79. The first kappa shape index (κ1) is 19.4. The van der Waals surface area contributed by atoms with E-state index in [9.17, 15) is 5.26 Å². The highest BCUT2D eigenvalue weighted by atomic mass is 35.5. The van der Waals surface area contributed by atoms with Crippen LogP contribution in [0.15, 0.2) is 18.2 Å². The number of rotatable bonds is 3. The highest BCUT2D eigenvalue weighted by molar-refractivity contribution is 6.35. The van der Waals surface area contributed by atoms with Crippen LogP contribution in [0, 0.1) is 18.3 Å². The predicted molar refractivity (Wildman–Crippen MR) is 110 cm³/mol. The third-order valence-electron chi connectivity index (χ3n) is 5.20. The number of hydrogen-bond donors (Lipinski definition) is 1. The summed E-state index contributed by atoms with van der Waals surface area (Å²) in [6.45, 7) is 8.69. The first-order valence-corrected chi connectivity index (χ1v) is 9.38. The summed E-state index contributed by atoms with van der Waals surface area (Å²) < 4.78 is 11.2. The molecular weight excluding hydrogens is 360 g/mol. The number of nitrogens with zero attached hydrogens (tertiary/aromatic N) is 1. The van der Waals surface area contributed by atoms with Gasteiger partial charge in [-0.2, -0.15) is 5.26 Å². The van der Waals surface area contributed by atoms with Crippen LogP contribution >= 0.6 is 11.6 Å². The Hall–Kier alpha value is -2.38. The average molecular weight is 385 g/mol. The van der Waals surface area contributed by atoms with Crippen LogP contribution in [-0.2, 0) is 0 Å². The Balaban J connectivity index is 2.35. The van der Waals surface area contributed by atoms with Crippen LogP contribution in [0.25, 0.3) is 11.1 Å². The molecule has 27 heavy (non-hydrogen) atoms. The van der Waals surface area contributed by atoms with Crippen LogP contribution in [0.4, 0.5) is 5.69 Å². The van der Waals surface area contributed by atoms with Gasteiger partial charge in [0.2, 0.25) is 0 Å². The number of nitriles is 1. The normalized spacial score (nSPS) is 17.5. The van der Waals surface area contributed by atoms with Gasteiger partial charge in [-0.3, -0.25) is 0 Å². The molecule has 0 radical (unpaired) electrons. The molecule has 0 aliphatic carbocycles. The van der Waals surface area contributed by atoms with Gasteiger partial charge in [-0.05, 0) is 62.4 Å². The van der Waals surface area contributed by atoms with Crippen molar-refractivity contribution in [3.63, 3.8) is 0 Å². The lowest BCUT2D eigenvalue weighted by molar-refractivity contribution is 0.396. The minimum absolute atomic E-state index is 0.0120. The molecule has 0 saturated heterocycles. The second kappa shape index (κ2) is 6.98. The third kappa shape index (κ3) is 3.21. The summed E-state index contributed by atoms with van der Waals surface area (Å²) in [5.41, 5.74) is 5.32. The fourth-order valence-corrected chi connectivity index (χ4v) is 4.61. The fraction of sp³-hybridized carbons (Fsp3) is 0.409. The van der Waals surface area contributed by atoms with Gasteiger partial charge in [0.1, 0.15) is 17.6 Å². The van der Waals surface area contributed by atoms with E-state index >= 15 is 0 Å². The molecule has 0 fully saturated rings. The molecule has 0 aromatic heterocycles. The molecule has 1 unspecified atom stereocenters. The molecule has 0 amide bonds. The summed E-state index contributed by atoms with van der Waals surface area (Å²) in [5.74, 6) is 1.41. The van der Waals surface area contributed by atoms with Crippen LogP contribution in [0.5, 0.6) is 11.5 Å². The molecule has 142 valence electrons. The lowest BCUT2D eigenvalue weighted by Gasteiger charge is -2.39. The summed E-state index contributed by atoms with van der Waals surface area (Å²) in [7, 11) is 3.17. The van der Waals surface area contributed by atoms with E-state index in [1.165, 1.54) is 0 Å². The predicted octanol–water partition coefficient (Wildman–Crippen LogP) is 5.90. The minimum atomic E-state index is 0.0120.